The molecule has 0 radical (unpaired) electrons. The number of aromatic nitrogens is 1. The lowest BCUT2D eigenvalue weighted by Crippen LogP contribution is -2.26. The third-order valence-corrected chi connectivity index (χ3v) is 2.96. The topological polar surface area (TPSA) is 37.0 Å². The molecule has 0 bridgehead atoms. The summed E-state index contributed by atoms with van der Waals surface area (Å²) < 4.78 is 0. The van der Waals surface area contributed by atoms with E-state index in [1.165, 1.54) is 4.88 Å². The number of thiazole rings is 1. The summed E-state index contributed by atoms with van der Waals surface area (Å²) in [5.41, 5.74) is 1.69. The fourth-order valence-electron chi connectivity index (χ4n) is 0.851. The van der Waals surface area contributed by atoms with E-state index >= 15 is 0 Å². The van der Waals surface area contributed by atoms with Gasteiger partial charge < -0.3 is 10.6 Å². The first-order chi connectivity index (χ1) is 7.02. The highest BCUT2D eigenvalue weighted by Crippen LogP contribution is 2.20. The summed E-state index contributed by atoms with van der Waals surface area (Å²) >= 11 is 6.64. The lowest BCUT2D eigenvalue weighted by Gasteiger charge is -2.06. The van der Waals surface area contributed by atoms with Gasteiger partial charge in [0, 0.05) is 10.6 Å². The summed E-state index contributed by atoms with van der Waals surface area (Å²) in [6.45, 7) is 11.3. The maximum absolute atomic E-state index is 5.07. The van der Waals surface area contributed by atoms with Gasteiger partial charge in [-0.3, -0.25) is 0 Å². The van der Waals surface area contributed by atoms with Crippen LogP contribution in [0.5, 0.6) is 0 Å². The van der Waals surface area contributed by atoms with Crippen LogP contribution >= 0.6 is 23.6 Å². The van der Waals surface area contributed by atoms with Gasteiger partial charge >= 0.3 is 0 Å². The molecule has 3 nitrogen and oxygen atoms in total. The Hall–Kier alpha value is -1.20. The van der Waals surface area contributed by atoms with Crippen molar-refractivity contribution in [3.8, 4) is 0 Å². The van der Waals surface area contributed by atoms with E-state index in [4.69, 9.17) is 12.2 Å². The van der Waals surface area contributed by atoms with Gasteiger partial charge in [0.05, 0.1) is 5.69 Å². The summed E-state index contributed by atoms with van der Waals surface area (Å²) in [4.78, 5) is 5.49. The monoisotopic (exact) mass is 239 g/mol. The van der Waals surface area contributed by atoms with Crippen molar-refractivity contribution < 1.29 is 0 Å². The Morgan fingerprint density at radius 2 is 2.20 bits per heavy atom. The molecule has 0 aliphatic rings. The van der Waals surface area contributed by atoms with Crippen LogP contribution in [0.1, 0.15) is 10.6 Å². The Kier molecular flexibility index (Phi) is 3.99. The molecule has 0 fully saturated rings. The fraction of sp³-hybridized carbons (Fsp3) is 0.200. The van der Waals surface area contributed by atoms with E-state index in [0.29, 0.717) is 10.8 Å². The van der Waals surface area contributed by atoms with Crippen molar-refractivity contribution in [2.75, 3.05) is 5.32 Å². The first-order valence-corrected chi connectivity index (χ1v) is 5.58. The van der Waals surface area contributed by atoms with Crippen molar-refractivity contribution in [3.63, 3.8) is 0 Å². The quantitative estimate of drug-likeness (QED) is 0.628. The maximum Gasteiger partial charge on any atom is 0.189 e. The number of thiocarbonyl (C=S) groups is 1. The SMILES string of the molecule is C=CC(=C)NC(=S)Nc1nc(C)c(C)s1. The molecule has 1 heterocycles. The van der Waals surface area contributed by atoms with Crippen molar-refractivity contribution in [3.05, 3.63) is 35.5 Å². The van der Waals surface area contributed by atoms with Crippen LogP contribution in [0.4, 0.5) is 5.13 Å². The van der Waals surface area contributed by atoms with Crippen LogP contribution in [0.25, 0.3) is 0 Å². The number of allylic oxidation sites excluding steroid dienone is 1. The number of aryl methyl sites for hydroxylation is 2. The fourth-order valence-corrected chi connectivity index (χ4v) is 1.96. The highest BCUT2D eigenvalue weighted by molar-refractivity contribution is 7.80. The molecule has 0 aliphatic carbocycles. The van der Waals surface area contributed by atoms with Crippen molar-refractivity contribution in [2.24, 2.45) is 0 Å². The Labute approximate surface area is 98.9 Å². The van der Waals surface area contributed by atoms with Crippen molar-refractivity contribution in [2.45, 2.75) is 13.8 Å². The van der Waals surface area contributed by atoms with Gasteiger partial charge in [0.2, 0.25) is 0 Å². The zero-order valence-electron chi connectivity index (χ0n) is 8.76. The first-order valence-electron chi connectivity index (χ1n) is 4.36. The lowest BCUT2D eigenvalue weighted by molar-refractivity contribution is 1.19. The zero-order chi connectivity index (χ0) is 11.4. The Morgan fingerprint density at radius 3 is 2.67 bits per heavy atom. The molecule has 2 N–H and O–H groups in total. The first kappa shape index (κ1) is 11.9. The normalized spacial score (nSPS) is 9.47. The van der Waals surface area contributed by atoms with E-state index in [1.807, 2.05) is 13.8 Å². The average Bonchev–Trinajstić information content (AvgIpc) is 2.45. The number of nitrogens with zero attached hydrogens (tertiary/aromatic N) is 1. The summed E-state index contributed by atoms with van der Waals surface area (Å²) in [6.07, 6.45) is 1.60. The third kappa shape index (κ3) is 3.45. The molecular weight excluding hydrogens is 226 g/mol. The summed E-state index contributed by atoms with van der Waals surface area (Å²) in [7, 11) is 0. The van der Waals surface area contributed by atoms with E-state index in [2.05, 4.69) is 28.8 Å². The highest BCUT2D eigenvalue weighted by atomic mass is 32.1. The Balaban J connectivity index is 2.58. The van der Waals surface area contributed by atoms with Gasteiger partial charge in [-0.25, -0.2) is 4.98 Å². The molecule has 0 aromatic carbocycles. The predicted octanol–water partition coefficient (Wildman–Crippen LogP) is 2.75. The molecular formula is C10H13N3S2. The zero-order valence-corrected chi connectivity index (χ0v) is 10.4. The van der Waals surface area contributed by atoms with Crippen molar-refractivity contribution >= 4 is 33.8 Å². The molecule has 1 rings (SSSR count). The van der Waals surface area contributed by atoms with Gasteiger partial charge in [-0.1, -0.05) is 13.2 Å². The average molecular weight is 239 g/mol. The van der Waals surface area contributed by atoms with Crippen LogP contribution < -0.4 is 10.6 Å². The smallest absolute Gasteiger partial charge is 0.189 e. The van der Waals surface area contributed by atoms with E-state index in [0.717, 1.165) is 10.8 Å². The molecule has 0 spiro atoms. The van der Waals surface area contributed by atoms with E-state index < -0.39 is 0 Å². The summed E-state index contributed by atoms with van der Waals surface area (Å²) in [5, 5.41) is 7.14. The number of rotatable bonds is 3. The van der Waals surface area contributed by atoms with Crippen LogP contribution in [0, 0.1) is 13.8 Å². The second-order valence-electron chi connectivity index (χ2n) is 2.97. The molecule has 0 unspecified atom stereocenters. The number of nitrogens with one attached hydrogen (secondary N) is 2. The second kappa shape index (κ2) is 5.04. The van der Waals surface area contributed by atoms with E-state index in [9.17, 15) is 0 Å². The lowest BCUT2D eigenvalue weighted by atomic mass is 10.4. The maximum atomic E-state index is 5.07. The molecule has 1 aromatic heterocycles. The van der Waals surface area contributed by atoms with E-state index in [-0.39, 0.29) is 0 Å². The number of hydrogen-bond acceptors (Lipinski definition) is 3. The molecule has 0 aliphatic heterocycles. The minimum Gasteiger partial charge on any atom is -0.333 e. The van der Waals surface area contributed by atoms with Crippen molar-refractivity contribution in [1.82, 2.24) is 10.3 Å². The summed E-state index contributed by atoms with van der Waals surface area (Å²) in [5.74, 6) is 0. The van der Waals surface area contributed by atoms with Gasteiger partial charge in [-0.2, -0.15) is 0 Å². The molecule has 5 heteroatoms. The minimum atomic E-state index is 0.480. The third-order valence-electron chi connectivity index (χ3n) is 1.77. The van der Waals surface area contributed by atoms with Gasteiger partial charge in [0.1, 0.15) is 0 Å². The molecule has 1 aromatic rings. The van der Waals surface area contributed by atoms with E-state index in [1.54, 1.807) is 17.4 Å². The molecule has 0 amide bonds. The van der Waals surface area contributed by atoms with Crippen LogP contribution in [0.2, 0.25) is 0 Å². The highest BCUT2D eigenvalue weighted by Gasteiger charge is 2.04. The van der Waals surface area contributed by atoms with Crippen LogP contribution in [-0.4, -0.2) is 10.1 Å². The van der Waals surface area contributed by atoms with Gasteiger partial charge in [-0.05, 0) is 32.1 Å². The standard InChI is InChI=1S/C10H13N3S2/c1-5-6(2)11-9(14)13-10-12-7(3)8(4)15-10/h5H,1-2H2,3-4H3,(H2,11,12,13,14). The van der Waals surface area contributed by atoms with Crippen LogP contribution in [0.15, 0.2) is 24.9 Å². The Morgan fingerprint density at radius 1 is 1.53 bits per heavy atom. The van der Waals surface area contributed by atoms with Gasteiger partial charge in [-0.15, -0.1) is 11.3 Å². The minimum absolute atomic E-state index is 0.480. The number of anilines is 1. The summed E-state index contributed by atoms with van der Waals surface area (Å²) in [6, 6.07) is 0. The molecule has 0 saturated heterocycles. The molecule has 0 saturated carbocycles. The van der Waals surface area contributed by atoms with Crippen LogP contribution in [0.3, 0.4) is 0 Å². The predicted molar refractivity (Wildman–Crippen MR) is 70.3 cm³/mol. The molecule has 80 valence electrons. The molecule has 0 atom stereocenters. The van der Waals surface area contributed by atoms with Gasteiger partial charge in [0.25, 0.3) is 0 Å². The van der Waals surface area contributed by atoms with Gasteiger partial charge in [0.15, 0.2) is 10.2 Å². The van der Waals surface area contributed by atoms with Crippen molar-refractivity contribution in [1.29, 1.82) is 0 Å². The van der Waals surface area contributed by atoms with Crippen LogP contribution in [-0.2, 0) is 0 Å². The molecule has 15 heavy (non-hydrogen) atoms. The number of hydrogen-bond donors (Lipinski definition) is 2. The second-order valence-corrected chi connectivity index (χ2v) is 4.58. The Bertz CT molecular complexity index is 387. The largest absolute Gasteiger partial charge is 0.333 e.